The van der Waals surface area contributed by atoms with Crippen LogP contribution < -0.4 is 11.1 Å². The molecule has 0 amide bonds. The number of nitrogens with one attached hydrogen (secondary N) is 1. The maximum atomic E-state index is 6.23. The Morgan fingerprint density at radius 1 is 1.35 bits per heavy atom. The summed E-state index contributed by atoms with van der Waals surface area (Å²) in [5, 5.41) is 11.3. The van der Waals surface area contributed by atoms with E-state index in [1.54, 1.807) is 12.3 Å². The van der Waals surface area contributed by atoms with Gasteiger partial charge in [-0.1, -0.05) is 11.6 Å². The van der Waals surface area contributed by atoms with Gasteiger partial charge in [0.2, 0.25) is 6.39 Å². The van der Waals surface area contributed by atoms with Crippen LogP contribution in [0.4, 0.5) is 5.69 Å². The molecule has 0 spiro atoms. The maximum absolute atomic E-state index is 6.23. The monoisotopic (exact) mass is 373 g/mol. The topological polar surface area (TPSA) is 116 Å². The van der Waals surface area contributed by atoms with Crippen molar-refractivity contribution < 1.29 is 13.3 Å². The van der Waals surface area contributed by atoms with Gasteiger partial charge in [0.05, 0.1) is 18.5 Å². The molecule has 1 atom stereocenters. The number of aromatic nitrogens is 3. The number of rotatable bonds is 6. The third kappa shape index (κ3) is 3.16. The van der Waals surface area contributed by atoms with Crippen molar-refractivity contribution in [2.24, 2.45) is 5.73 Å². The average Bonchev–Trinajstić information content (AvgIpc) is 3.32. The Balaban J connectivity index is 1.83. The lowest BCUT2D eigenvalue weighted by atomic mass is 10.1. The molecule has 0 aliphatic carbocycles. The van der Waals surface area contributed by atoms with Crippen molar-refractivity contribution in [1.29, 1.82) is 0 Å². The average molecular weight is 374 g/mol. The Labute approximate surface area is 153 Å². The summed E-state index contributed by atoms with van der Waals surface area (Å²) in [7, 11) is 0. The van der Waals surface area contributed by atoms with Crippen LogP contribution in [0.1, 0.15) is 18.4 Å². The molecule has 9 heteroatoms. The lowest BCUT2D eigenvalue weighted by Gasteiger charge is -2.05. The van der Waals surface area contributed by atoms with Gasteiger partial charge in [0, 0.05) is 18.5 Å². The van der Waals surface area contributed by atoms with Crippen molar-refractivity contribution in [3.63, 3.8) is 0 Å². The third-order valence-corrected chi connectivity index (χ3v) is 3.99. The van der Waals surface area contributed by atoms with Crippen molar-refractivity contribution in [2.45, 2.75) is 25.9 Å². The summed E-state index contributed by atoms with van der Waals surface area (Å²) < 4.78 is 16.8. The van der Waals surface area contributed by atoms with Crippen LogP contribution in [0.25, 0.3) is 22.6 Å². The second-order valence-corrected chi connectivity index (χ2v) is 6.32. The molecule has 26 heavy (non-hydrogen) atoms. The summed E-state index contributed by atoms with van der Waals surface area (Å²) >= 11 is 6.23. The number of nitrogens with zero attached hydrogens (tertiary/aromatic N) is 3. The van der Waals surface area contributed by atoms with Gasteiger partial charge in [0.25, 0.3) is 5.89 Å². The molecular weight excluding hydrogens is 358 g/mol. The molecule has 0 fully saturated rings. The largest absolute Gasteiger partial charge is 0.467 e. The molecule has 8 nitrogen and oxygen atoms in total. The number of fused-ring (bicyclic) bond motifs is 1. The van der Waals surface area contributed by atoms with E-state index in [4.69, 9.17) is 30.6 Å². The van der Waals surface area contributed by atoms with Gasteiger partial charge in [0.15, 0.2) is 5.58 Å². The van der Waals surface area contributed by atoms with Gasteiger partial charge in [0.1, 0.15) is 27.8 Å². The van der Waals surface area contributed by atoms with E-state index in [-0.39, 0.29) is 6.04 Å². The summed E-state index contributed by atoms with van der Waals surface area (Å²) in [6.45, 7) is 2.36. The van der Waals surface area contributed by atoms with E-state index in [0.717, 1.165) is 5.76 Å². The van der Waals surface area contributed by atoms with E-state index in [2.05, 4.69) is 20.5 Å². The van der Waals surface area contributed by atoms with Gasteiger partial charge >= 0.3 is 0 Å². The number of hydrogen-bond acceptors (Lipinski definition) is 8. The smallest absolute Gasteiger partial charge is 0.253 e. The van der Waals surface area contributed by atoms with Crippen LogP contribution in [0, 0.1) is 0 Å². The Morgan fingerprint density at radius 3 is 2.92 bits per heavy atom. The van der Waals surface area contributed by atoms with Crippen molar-refractivity contribution >= 4 is 28.4 Å². The second-order valence-electron chi connectivity index (χ2n) is 5.93. The van der Waals surface area contributed by atoms with Crippen LogP contribution in [-0.4, -0.2) is 21.2 Å². The van der Waals surface area contributed by atoms with E-state index >= 15 is 0 Å². The number of anilines is 1. The van der Waals surface area contributed by atoms with Gasteiger partial charge in [-0.2, -0.15) is 0 Å². The number of nitrogens with two attached hydrogens (primary N) is 1. The minimum atomic E-state index is -0.118. The fourth-order valence-corrected chi connectivity index (χ4v) is 2.94. The summed E-state index contributed by atoms with van der Waals surface area (Å²) in [4.78, 5) is 4.40. The summed E-state index contributed by atoms with van der Waals surface area (Å²) in [5.74, 6) is 1.71. The molecule has 0 radical (unpaired) electrons. The van der Waals surface area contributed by atoms with Crippen molar-refractivity contribution in [1.82, 2.24) is 15.2 Å². The minimum absolute atomic E-state index is 0.118. The summed E-state index contributed by atoms with van der Waals surface area (Å²) in [6.07, 6.45) is 3.36. The van der Waals surface area contributed by atoms with Crippen LogP contribution in [-0.2, 0) is 13.0 Å². The van der Waals surface area contributed by atoms with E-state index in [1.807, 2.05) is 19.1 Å². The lowest BCUT2D eigenvalue weighted by Crippen LogP contribution is -2.17. The molecule has 4 rings (SSSR count). The molecule has 0 bridgehead atoms. The standard InChI is InChI=1S/C17H16ClN5O3/c1-9(19)5-12-14(17-23-21-8-25-17)15-16(26-12)11(6-13(18)22-15)20-7-10-3-2-4-24-10/h2-4,6,8-9H,5,7,19H2,1H3,(H,20,22). The molecule has 3 N–H and O–H groups in total. The fourth-order valence-electron chi connectivity index (χ4n) is 2.75. The molecular formula is C17H16ClN5O3. The van der Waals surface area contributed by atoms with Gasteiger partial charge in [-0.3, -0.25) is 0 Å². The third-order valence-electron chi connectivity index (χ3n) is 3.80. The fraction of sp³-hybridized carbons (Fsp3) is 0.235. The van der Waals surface area contributed by atoms with E-state index in [9.17, 15) is 0 Å². The molecule has 0 aliphatic heterocycles. The summed E-state index contributed by atoms with van der Waals surface area (Å²) in [5.41, 5.74) is 8.34. The van der Waals surface area contributed by atoms with Crippen LogP contribution in [0.5, 0.6) is 0 Å². The van der Waals surface area contributed by atoms with Crippen molar-refractivity contribution in [2.75, 3.05) is 5.32 Å². The first-order valence-electron chi connectivity index (χ1n) is 8.02. The first-order valence-corrected chi connectivity index (χ1v) is 8.40. The van der Waals surface area contributed by atoms with Gasteiger partial charge in [-0.15, -0.1) is 10.2 Å². The molecule has 134 valence electrons. The first-order chi connectivity index (χ1) is 12.6. The first kappa shape index (κ1) is 16.6. The number of pyridine rings is 1. The zero-order chi connectivity index (χ0) is 18.1. The number of hydrogen-bond donors (Lipinski definition) is 2. The Morgan fingerprint density at radius 2 is 2.23 bits per heavy atom. The number of halogens is 1. The SMILES string of the molecule is CC(N)Cc1oc2c(NCc3ccco3)cc(Cl)nc2c1-c1nnco1. The zero-order valence-corrected chi connectivity index (χ0v) is 14.7. The molecule has 0 saturated heterocycles. The van der Waals surface area contributed by atoms with E-state index in [1.165, 1.54) is 6.39 Å². The highest BCUT2D eigenvalue weighted by atomic mass is 35.5. The molecule has 0 saturated carbocycles. The van der Waals surface area contributed by atoms with Crippen LogP contribution in [0.15, 0.2) is 44.1 Å². The van der Waals surface area contributed by atoms with Crippen molar-refractivity contribution in [3.05, 3.63) is 47.5 Å². The predicted molar refractivity (Wildman–Crippen MR) is 95.7 cm³/mol. The number of furan rings is 2. The summed E-state index contributed by atoms with van der Waals surface area (Å²) in [6, 6.07) is 5.28. The Hall–Kier alpha value is -2.84. The molecule has 0 aliphatic rings. The van der Waals surface area contributed by atoms with Crippen LogP contribution >= 0.6 is 11.6 Å². The second kappa shape index (κ2) is 6.81. The van der Waals surface area contributed by atoms with Gasteiger partial charge < -0.3 is 24.3 Å². The lowest BCUT2D eigenvalue weighted by molar-refractivity contribution is 0.515. The van der Waals surface area contributed by atoms with Gasteiger partial charge in [-0.25, -0.2) is 4.98 Å². The highest BCUT2D eigenvalue weighted by molar-refractivity contribution is 6.30. The highest BCUT2D eigenvalue weighted by Gasteiger charge is 2.24. The molecule has 4 aromatic rings. The van der Waals surface area contributed by atoms with Crippen LogP contribution in [0.3, 0.4) is 0 Å². The minimum Gasteiger partial charge on any atom is -0.467 e. The van der Waals surface area contributed by atoms with Gasteiger partial charge in [-0.05, 0) is 19.1 Å². The molecule has 0 aromatic carbocycles. The molecule has 4 heterocycles. The van der Waals surface area contributed by atoms with E-state index in [0.29, 0.717) is 52.1 Å². The molecule has 4 aromatic heterocycles. The van der Waals surface area contributed by atoms with Crippen molar-refractivity contribution in [3.8, 4) is 11.5 Å². The van der Waals surface area contributed by atoms with E-state index < -0.39 is 0 Å². The molecule has 1 unspecified atom stereocenters. The predicted octanol–water partition coefficient (Wildman–Crippen LogP) is 3.63. The quantitative estimate of drug-likeness (QED) is 0.492. The highest BCUT2D eigenvalue weighted by Crippen LogP contribution is 2.38. The Kier molecular flexibility index (Phi) is 4.36. The normalized spacial score (nSPS) is 12.6. The maximum Gasteiger partial charge on any atom is 0.253 e. The van der Waals surface area contributed by atoms with Crippen LogP contribution in [0.2, 0.25) is 5.15 Å². The Bertz CT molecular complexity index is 1010. The zero-order valence-electron chi connectivity index (χ0n) is 13.9.